The van der Waals surface area contributed by atoms with E-state index in [0.717, 1.165) is 71.8 Å². The maximum Gasteiger partial charge on any atom is 0.178 e. The number of furan rings is 2. The van der Waals surface area contributed by atoms with E-state index in [-0.39, 0.29) is 0 Å². The van der Waals surface area contributed by atoms with Gasteiger partial charge in [-0.05, 0) is 110 Å². The normalized spacial score (nSPS) is 12.1. The fraction of sp³-hybridized carbons (Fsp3) is 0. The van der Waals surface area contributed by atoms with Crippen molar-refractivity contribution >= 4 is 87.2 Å². The fourth-order valence-corrected chi connectivity index (χ4v) is 9.95. The van der Waals surface area contributed by atoms with E-state index in [9.17, 15) is 0 Å². The van der Waals surface area contributed by atoms with Gasteiger partial charge in [-0.25, -0.2) is 0 Å². The van der Waals surface area contributed by atoms with Crippen LogP contribution in [0.15, 0.2) is 209 Å². The molecule has 10 aromatic carbocycles. The summed E-state index contributed by atoms with van der Waals surface area (Å²) in [4.78, 5) is 0. The molecule has 0 unspecified atom stereocenters. The summed E-state index contributed by atoms with van der Waals surface area (Å²) in [5, 5.41) is 11.5. The van der Waals surface area contributed by atoms with Gasteiger partial charge in [-0.2, -0.15) is 0 Å². The number of para-hydroxylation sites is 3. The minimum absolute atomic E-state index is 0.764. The summed E-state index contributed by atoms with van der Waals surface area (Å²) < 4.78 is 16.1. The van der Waals surface area contributed by atoms with Gasteiger partial charge < -0.3 is 13.4 Å². The van der Waals surface area contributed by atoms with Gasteiger partial charge in [0, 0.05) is 38.0 Å². The number of hydrogen-bond donors (Lipinski definition) is 0. The van der Waals surface area contributed by atoms with Crippen molar-refractivity contribution in [2.45, 2.75) is 0 Å². The lowest BCUT2D eigenvalue weighted by Gasteiger charge is -2.19. The zero-order chi connectivity index (χ0) is 38.6. The van der Waals surface area contributed by atoms with Crippen LogP contribution in [0.25, 0.3) is 126 Å². The first-order chi connectivity index (χ1) is 29.3. The maximum absolute atomic E-state index is 7.11. The Morgan fingerprint density at radius 1 is 0.305 bits per heavy atom. The first-order valence-corrected chi connectivity index (χ1v) is 20.2. The van der Waals surface area contributed by atoms with Crippen LogP contribution in [0.3, 0.4) is 0 Å². The summed E-state index contributed by atoms with van der Waals surface area (Å²) in [6.45, 7) is 0. The Hall–Kier alpha value is -7.88. The Morgan fingerprint density at radius 3 is 1.61 bits per heavy atom. The molecule has 3 heterocycles. The molecule has 0 aliphatic rings. The van der Waals surface area contributed by atoms with Gasteiger partial charge in [0.1, 0.15) is 11.2 Å². The smallest absolute Gasteiger partial charge is 0.178 e. The van der Waals surface area contributed by atoms with Gasteiger partial charge in [-0.15, -0.1) is 0 Å². The highest BCUT2D eigenvalue weighted by atomic mass is 16.4. The molecule has 0 fully saturated rings. The van der Waals surface area contributed by atoms with Crippen molar-refractivity contribution in [1.82, 2.24) is 4.57 Å². The lowest BCUT2D eigenvalue weighted by Crippen LogP contribution is -1.93. The van der Waals surface area contributed by atoms with E-state index >= 15 is 0 Å². The molecule has 3 heteroatoms. The zero-order valence-electron chi connectivity index (χ0n) is 31.8. The third-order valence-electron chi connectivity index (χ3n) is 12.4. The molecule has 0 amide bonds. The zero-order valence-corrected chi connectivity index (χ0v) is 31.8. The van der Waals surface area contributed by atoms with Crippen molar-refractivity contribution in [2.75, 3.05) is 0 Å². The van der Waals surface area contributed by atoms with Crippen molar-refractivity contribution in [2.24, 2.45) is 0 Å². The summed E-state index contributed by atoms with van der Waals surface area (Å²) in [6, 6.07) is 72.0. The first kappa shape index (κ1) is 32.2. The molecule has 274 valence electrons. The van der Waals surface area contributed by atoms with Gasteiger partial charge >= 0.3 is 0 Å². The molecule has 59 heavy (non-hydrogen) atoms. The van der Waals surface area contributed by atoms with Gasteiger partial charge in [-0.1, -0.05) is 146 Å². The van der Waals surface area contributed by atoms with E-state index in [1.807, 2.05) is 12.1 Å². The van der Waals surface area contributed by atoms with Crippen LogP contribution < -0.4 is 0 Å². The summed E-state index contributed by atoms with van der Waals surface area (Å²) in [6.07, 6.45) is 0. The molecule has 0 N–H and O–H groups in total. The summed E-state index contributed by atoms with van der Waals surface area (Å²) in [5.74, 6) is 0. The number of aromatic nitrogens is 1. The Labute approximate surface area is 338 Å². The van der Waals surface area contributed by atoms with Gasteiger partial charge in [0.05, 0.1) is 11.0 Å². The molecule has 0 aliphatic carbocycles. The third kappa shape index (κ3) is 4.58. The van der Waals surface area contributed by atoms with E-state index in [1.54, 1.807) is 0 Å². The number of nitrogens with zero attached hydrogens (tertiary/aromatic N) is 1. The van der Waals surface area contributed by atoms with Gasteiger partial charge in [0.15, 0.2) is 11.2 Å². The number of fused-ring (bicyclic) bond motifs is 12. The molecule has 0 saturated carbocycles. The van der Waals surface area contributed by atoms with Crippen LogP contribution in [-0.4, -0.2) is 4.57 Å². The molecule has 0 radical (unpaired) electrons. The first-order valence-electron chi connectivity index (χ1n) is 20.2. The van der Waals surface area contributed by atoms with Crippen LogP contribution in [0.5, 0.6) is 0 Å². The predicted octanol–water partition coefficient (Wildman–Crippen LogP) is 15.9. The lowest BCUT2D eigenvalue weighted by atomic mass is 9.84. The monoisotopic (exact) mass is 751 g/mol. The van der Waals surface area contributed by atoms with Crippen molar-refractivity contribution in [3.05, 3.63) is 200 Å². The van der Waals surface area contributed by atoms with Gasteiger partial charge in [0.2, 0.25) is 0 Å². The molecule has 0 aliphatic heterocycles. The number of hydrogen-bond acceptors (Lipinski definition) is 2. The topological polar surface area (TPSA) is 31.2 Å². The van der Waals surface area contributed by atoms with Crippen LogP contribution in [0.1, 0.15) is 0 Å². The highest BCUT2D eigenvalue weighted by molar-refractivity contribution is 6.28. The SMILES string of the molecule is c1ccc(-c2c3ccccc3c(-c3cc(-c4cccc5c4c4ccccc4n5-c4ccccc4)cc4oc5c(ccc6c7ccccc7oc65)c34)c3ccccc23)cc1. The minimum Gasteiger partial charge on any atom is -0.452 e. The Morgan fingerprint density at radius 2 is 0.864 bits per heavy atom. The van der Waals surface area contributed by atoms with Crippen LogP contribution in [-0.2, 0) is 0 Å². The number of rotatable bonds is 4. The second-order valence-electron chi connectivity index (χ2n) is 15.5. The van der Waals surface area contributed by atoms with Gasteiger partial charge in [-0.3, -0.25) is 0 Å². The average molecular weight is 752 g/mol. The summed E-state index contributed by atoms with van der Waals surface area (Å²) in [7, 11) is 0. The molecular weight excluding hydrogens is 719 g/mol. The highest BCUT2D eigenvalue weighted by Crippen LogP contribution is 2.50. The molecule has 13 aromatic rings. The maximum atomic E-state index is 7.11. The Balaban J connectivity index is 1.20. The average Bonchev–Trinajstić information content (AvgIpc) is 3.98. The summed E-state index contributed by atoms with van der Waals surface area (Å²) in [5.41, 5.74) is 13.7. The molecule has 3 nitrogen and oxygen atoms in total. The molecule has 0 bridgehead atoms. The minimum atomic E-state index is 0.764. The second-order valence-corrected chi connectivity index (χ2v) is 15.5. The van der Waals surface area contributed by atoms with E-state index in [1.165, 1.54) is 54.5 Å². The molecule has 13 rings (SSSR count). The standard InChI is InChI=1S/C56H33NO2/c1-3-16-34(17-4-1)51-39-21-7-9-23-41(39)52(42-24-10-8-22-40(42)51)46-32-35(33-50-54(46)45-31-30-43-38-20-12-14-29-49(38)58-55(43)56(45)59-50)37-26-15-28-48-53(37)44-25-11-13-27-47(44)57(48)36-18-5-2-6-19-36/h1-33H. The number of benzene rings is 10. The molecule has 0 atom stereocenters. The lowest BCUT2D eigenvalue weighted by molar-refractivity contribution is 0.633. The molecule has 3 aromatic heterocycles. The summed E-state index contributed by atoms with van der Waals surface area (Å²) >= 11 is 0. The van der Waals surface area contributed by atoms with E-state index in [0.29, 0.717) is 0 Å². The Bertz CT molecular complexity index is 3770. The molecule has 0 spiro atoms. The van der Waals surface area contributed by atoms with Crippen molar-refractivity contribution in [3.63, 3.8) is 0 Å². The highest BCUT2D eigenvalue weighted by Gasteiger charge is 2.25. The second kappa shape index (κ2) is 12.3. The molecule has 0 saturated heterocycles. The van der Waals surface area contributed by atoms with Crippen molar-refractivity contribution in [1.29, 1.82) is 0 Å². The van der Waals surface area contributed by atoms with Crippen LogP contribution >= 0.6 is 0 Å². The van der Waals surface area contributed by atoms with Crippen molar-refractivity contribution in [3.8, 4) is 39.1 Å². The van der Waals surface area contributed by atoms with Gasteiger partial charge in [0.25, 0.3) is 0 Å². The van der Waals surface area contributed by atoms with E-state index < -0.39 is 0 Å². The predicted molar refractivity (Wildman–Crippen MR) is 247 cm³/mol. The largest absolute Gasteiger partial charge is 0.452 e. The van der Waals surface area contributed by atoms with Crippen LogP contribution in [0, 0.1) is 0 Å². The Kier molecular flexibility index (Phi) is 6.72. The van der Waals surface area contributed by atoms with E-state index in [4.69, 9.17) is 8.83 Å². The van der Waals surface area contributed by atoms with Crippen LogP contribution in [0.4, 0.5) is 0 Å². The van der Waals surface area contributed by atoms with Crippen LogP contribution in [0.2, 0.25) is 0 Å². The molecular formula is C56H33NO2. The fourth-order valence-electron chi connectivity index (χ4n) is 9.95. The van der Waals surface area contributed by atoms with E-state index in [2.05, 4.69) is 193 Å². The van der Waals surface area contributed by atoms with Crippen molar-refractivity contribution < 1.29 is 8.83 Å². The third-order valence-corrected chi connectivity index (χ3v) is 12.4. The quantitative estimate of drug-likeness (QED) is 0.168.